The number of aryl methyl sites for hydroxylation is 1. The second-order valence-corrected chi connectivity index (χ2v) is 9.20. The molecule has 2 rings (SSSR count). The number of sulfonamides is 1. The second kappa shape index (κ2) is 10.4. The summed E-state index contributed by atoms with van der Waals surface area (Å²) in [6.45, 7) is 4.82. The molecular weight excluding hydrogens is 421 g/mol. The number of rotatable bonds is 9. The van der Waals surface area contributed by atoms with Crippen LogP contribution in [0, 0.1) is 12.7 Å². The third kappa shape index (κ3) is 6.52. The average molecular weight is 450 g/mol. The first-order valence-electron chi connectivity index (χ1n) is 9.89. The fourth-order valence-electron chi connectivity index (χ4n) is 3.04. The number of nitrogens with one attached hydrogen (secondary N) is 1. The Morgan fingerprint density at radius 2 is 1.71 bits per heavy atom. The van der Waals surface area contributed by atoms with Crippen molar-refractivity contribution in [1.82, 2.24) is 10.2 Å². The Morgan fingerprint density at radius 1 is 1.10 bits per heavy atom. The summed E-state index contributed by atoms with van der Waals surface area (Å²) in [6.07, 6.45) is 1.01. The van der Waals surface area contributed by atoms with E-state index in [1.165, 1.54) is 30.0 Å². The normalized spacial score (nSPS) is 12.2. The lowest BCUT2D eigenvalue weighted by Gasteiger charge is -2.31. The van der Waals surface area contributed by atoms with Crippen LogP contribution in [0.4, 0.5) is 10.1 Å². The highest BCUT2D eigenvalue weighted by molar-refractivity contribution is 7.92. The number of halogens is 1. The number of amides is 2. The Balaban J connectivity index is 2.38. The molecular formula is C22H28FN3O4S. The molecule has 0 aliphatic rings. The van der Waals surface area contributed by atoms with Crippen LogP contribution in [0.5, 0.6) is 0 Å². The Morgan fingerprint density at radius 3 is 2.26 bits per heavy atom. The number of carbonyl (C=O) groups excluding carboxylic acids is 2. The third-order valence-corrected chi connectivity index (χ3v) is 5.96. The number of hydrogen-bond acceptors (Lipinski definition) is 4. The molecule has 7 nitrogen and oxygen atoms in total. The molecule has 0 aromatic heterocycles. The molecule has 9 heteroatoms. The molecule has 0 radical (unpaired) electrons. The smallest absolute Gasteiger partial charge is 0.244 e. The van der Waals surface area contributed by atoms with Gasteiger partial charge in [-0.25, -0.2) is 12.8 Å². The standard InChI is InChI=1S/C22H28FN3O4S/c1-5-24-22(28)17(3)25(14-18-8-6-7-9-20(18)23)21(27)15-26(31(4,29)30)19-12-10-16(2)11-13-19/h6-13,17H,5,14-15H2,1-4H3,(H,24,28). The zero-order valence-electron chi connectivity index (χ0n) is 18.1. The summed E-state index contributed by atoms with van der Waals surface area (Å²) >= 11 is 0. The number of anilines is 1. The number of likely N-dealkylation sites (N-methyl/N-ethyl adjacent to an activating group) is 1. The molecule has 1 unspecified atom stereocenters. The van der Waals surface area contributed by atoms with Gasteiger partial charge in [-0.3, -0.25) is 13.9 Å². The molecule has 0 aliphatic carbocycles. The fraction of sp³-hybridized carbons (Fsp3) is 0.364. The Bertz CT molecular complexity index is 1030. The van der Waals surface area contributed by atoms with Crippen LogP contribution in [-0.4, -0.2) is 50.5 Å². The molecule has 0 saturated heterocycles. The first-order chi connectivity index (χ1) is 14.5. The number of carbonyl (C=O) groups is 2. The Hall–Kier alpha value is -2.94. The van der Waals surface area contributed by atoms with Crippen molar-refractivity contribution in [3.8, 4) is 0 Å². The van der Waals surface area contributed by atoms with Gasteiger partial charge in [-0.2, -0.15) is 0 Å². The van der Waals surface area contributed by atoms with Crippen LogP contribution in [0.25, 0.3) is 0 Å². The number of nitrogens with zero attached hydrogens (tertiary/aromatic N) is 2. The quantitative estimate of drug-likeness (QED) is 0.637. The van der Waals surface area contributed by atoms with Crippen LogP contribution in [0.2, 0.25) is 0 Å². The van der Waals surface area contributed by atoms with E-state index in [-0.39, 0.29) is 12.1 Å². The van der Waals surface area contributed by atoms with Crippen molar-refractivity contribution in [2.24, 2.45) is 0 Å². The molecule has 168 valence electrons. The summed E-state index contributed by atoms with van der Waals surface area (Å²) in [5, 5.41) is 2.64. The van der Waals surface area contributed by atoms with Gasteiger partial charge in [-0.15, -0.1) is 0 Å². The van der Waals surface area contributed by atoms with Gasteiger partial charge in [0.25, 0.3) is 0 Å². The highest BCUT2D eigenvalue weighted by atomic mass is 32.2. The van der Waals surface area contributed by atoms with Crippen molar-refractivity contribution < 1.29 is 22.4 Å². The molecule has 2 amide bonds. The van der Waals surface area contributed by atoms with Gasteiger partial charge in [-0.1, -0.05) is 35.9 Å². The van der Waals surface area contributed by atoms with Gasteiger partial charge >= 0.3 is 0 Å². The van der Waals surface area contributed by atoms with Crippen LogP contribution < -0.4 is 9.62 Å². The van der Waals surface area contributed by atoms with Crippen LogP contribution in [0.3, 0.4) is 0 Å². The summed E-state index contributed by atoms with van der Waals surface area (Å²) in [7, 11) is -3.79. The maximum Gasteiger partial charge on any atom is 0.244 e. The largest absolute Gasteiger partial charge is 0.355 e. The molecule has 0 fully saturated rings. The summed E-state index contributed by atoms with van der Waals surface area (Å²) in [5.41, 5.74) is 1.50. The van der Waals surface area contributed by atoms with Crippen molar-refractivity contribution in [2.45, 2.75) is 33.4 Å². The minimum absolute atomic E-state index is 0.171. The summed E-state index contributed by atoms with van der Waals surface area (Å²) in [4.78, 5) is 26.8. The molecule has 2 aromatic rings. The monoisotopic (exact) mass is 449 g/mol. The van der Waals surface area contributed by atoms with E-state index in [1.54, 1.807) is 37.3 Å². The van der Waals surface area contributed by atoms with E-state index in [0.29, 0.717) is 12.2 Å². The Labute approximate surface area is 182 Å². The third-order valence-electron chi connectivity index (χ3n) is 4.82. The fourth-order valence-corrected chi connectivity index (χ4v) is 3.89. The molecule has 0 heterocycles. The molecule has 2 aromatic carbocycles. The van der Waals surface area contributed by atoms with E-state index in [9.17, 15) is 22.4 Å². The topological polar surface area (TPSA) is 86.8 Å². The molecule has 0 saturated carbocycles. The van der Waals surface area contributed by atoms with Crippen molar-refractivity contribution in [1.29, 1.82) is 0 Å². The number of hydrogen-bond donors (Lipinski definition) is 1. The average Bonchev–Trinajstić information content (AvgIpc) is 2.71. The zero-order valence-corrected chi connectivity index (χ0v) is 18.9. The van der Waals surface area contributed by atoms with Crippen LogP contribution in [0.1, 0.15) is 25.0 Å². The van der Waals surface area contributed by atoms with Gasteiger partial charge in [0.1, 0.15) is 18.4 Å². The van der Waals surface area contributed by atoms with Gasteiger partial charge in [0, 0.05) is 18.7 Å². The predicted molar refractivity (Wildman–Crippen MR) is 118 cm³/mol. The maximum atomic E-state index is 14.2. The van der Waals surface area contributed by atoms with Crippen molar-refractivity contribution in [2.75, 3.05) is 23.7 Å². The minimum atomic E-state index is -3.79. The minimum Gasteiger partial charge on any atom is -0.355 e. The highest BCUT2D eigenvalue weighted by Crippen LogP contribution is 2.20. The predicted octanol–water partition coefficient (Wildman–Crippen LogP) is 2.45. The summed E-state index contributed by atoms with van der Waals surface area (Å²) < 4.78 is 40.0. The maximum absolute atomic E-state index is 14.2. The van der Waals surface area contributed by atoms with Crippen LogP contribution in [0.15, 0.2) is 48.5 Å². The summed E-state index contributed by atoms with van der Waals surface area (Å²) in [5.74, 6) is -1.54. The van der Waals surface area contributed by atoms with E-state index in [0.717, 1.165) is 16.1 Å². The molecule has 0 aliphatic heterocycles. The van der Waals surface area contributed by atoms with Gasteiger partial charge < -0.3 is 10.2 Å². The van der Waals surface area contributed by atoms with Gasteiger partial charge in [0.05, 0.1) is 11.9 Å². The van der Waals surface area contributed by atoms with Gasteiger partial charge in [0.15, 0.2) is 0 Å². The first kappa shape index (κ1) is 24.3. The first-order valence-corrected chi connectivity index (χ1v) is 11.7. The van der Waals surface area contributed by atoms with E-state index < -0.39 is 40.2 Å². The second-order valence-electron chi connectivity index (χ2n) is 7.29. The lowest BCUT2D eigenvalue weighted by atomic mass is 10.1. The highest BCUT2D eigenvalue weighted by Gasteiger charge is 2.30. The Kier molecular flexibility index (Phi) is 8.15. The van der Waals surface area contributed by atoms with E-state index in [1.807, 2.05) is 6.92 Å². The van der Waals surface area contributed by atoms with Gasteiger partial charge in [-0.05, 0) is 39.0 Å². The van der Waals surface area contributed by atoms with Crippen molar-refractivity contribution >= 4 is 27.5 Å². The molecule has 1 atom stereocenters. The van der Waals surface area contributed by atoms with E-state index in [4.69, 9.17) is 0 Å². The lowest BCUT2D eigenvalue weighted by Crippen LogP contribution is -2.51. The zero-order chi connectivity index (χ0) is 23.2. The molecule has 0 bridgehead atoms. The van der Waals surface area contributed by atoms with Crippen LogP contribution in [-0.2, 0) is 26.2 Å². The molecule has 1 N–H and O–H groups in total. The van der Waals surface area contributed by atoms with Crippen molar-refractivity contribution in [3.63, 3.8) is 0 Å². The van der Waals surface area contributed by atoms with Gasteiger partial charge in [0.2, 0.25) is 21.8 Å². The number of benzene rings is 2. The lowest BCUT2D eigenvalue weighted by molar-refractivity contribution is -0.139. The van der Waals surface area contributed by atoms with E-state index >= 15 is 0 Å². The van der Waals surface area contributed by atoms with E-state index in [2.05, 4.69) is 5.32 Å². The summed E-state index contributed by atoms with van der Waals surface area (Å²) in [6, 6.07) is 11.7. The SMILES string of the molecule is CCNC(=O)C(C)N(Cc1ccccc1F)C(=O)CN(c1ccc(C)cc1)S(C)(=O)=O. The van der Waals surface area contributed by atoms with Crippen molar-refractivity contribution in [3.05, 3.63) is 65.5 Å². The molecule has 0 spiro atoms. The molecule has 31 heavy (non-hydrogen) atoms. The van der Waals surface area contributed by atoms with Crippen LogP contribution >= 0.6 is 0 Å².